The Labute approximate surface area is 200 Å². The van der Waals surface area contributed by atoms with E-state index >= 15 is 0 Å². The number of pyridine rings is 1. The van der Waals surface area contributed by atoms with Crippen molar-refractivity contribution in [3.05, 3.63) is 45.2 Å². The highest BCUT2D eigenvalue weighted by atomic mass is 35.5. The number of halogens is 4. The monoisotopic (exact) mass is 522 g/mol. The maximum atomic E-state index is 12.9. The van der Waals surface area contributed by atoms with Crippen molar-refractivity contribution in [3.63, 3.8) is 0 Å². The Bertz CT molecular complexity index is 1240. The van der Waals surface area contributed by atoms with Crippen molar-refractivity contribution in [2.24, 2.45) is 5.41 Å². The number of fused-ring (bicyclic) bond motifs is 3. The zero-order chi connectivity index (χ0) is 25.5. The van der Waals surface area contributed by atoms with Gasteiger partial charge in [-0.1, -0.05) is 32.4 Å². The van der Waals surface area contributed by atoms with E-state index in [1.165, 1.54) is 4.72 Å². The van der Waals surface area contributed by atoms with Crippen LogP contribution in [0.3, 0.4) is 0 Å². The summed E-state index contributed by atoms with van der Waals surface area (Å²) in [5.41, 5.74) is -5.61. The Morgan fingerprint density at radius 1 is 1.18 bits per heavy atom. The smallest absolute Gasteiger partial charge is 0.492 e. The van der Waals surface area contributed by atoms with Crippen LogP contribution in [0.2, 0.25) is 5.02 Å². The van der Waals surface area contributed by atoms with Gasteiger partial charge in [-0.05, 0) is 29.5 Å². The van der Waals surface area contributed by atoms with E-state index in [2.05, 4.69) is 0 Å². The highest BCUT2D eigenvalue weighted by Gasteiger charge is 2.46. The summed E-state index contributed by atoms with van der Waals surface area (Å²) in [6, 6.07) is 4.27. The largest absolute Gasteiger partial charge is 0.516 e. The number of nitrogens with one attached hydrogen (secondary N) is 1. The van der Waals surface area contributed by atoms with Crippen molar-refractivity contribution in [2.45, 2.75) is 45.2 Å². The van der Waals surface area contributed by atoms with E-state index in [1.54, 1.807) is 23.8 Å². The molecular weight excluding hydrogens is 497 g/mol. The van der Waals surface area contributed by atoms with Crippen LogP contribution in [0.1, 0.15) is 38.8 Å². The molecule has 0 fully saturated rings. The summed E-state index contributed by atoms with van der Waals surface area (Å²) in [6.07, 6.45) is 2.26. The molecule has 1 aliphatic rings. The van der Waals surface area contributed by atoms with Crippen LogP contribution >= 0.6 is 11.6 Å². The first-order valence-corrected chi connectivity index (χ1v) is 12.3. The van der Waals surface area contributed by atoms with Crippen molar-refractivity contribution < 1.29 is 31.1 Å². The Hall–Kier alpha value is -2.24. The molecular formula is C22H26ClF3N2O5S. The SMILES string of the molecule is COCCCOc1cc2c(cc1Cl)-c1cc(=O)c(NS(=O)(=O)C(F)(F)F)cn1C(C(C)(C)C)C2. The molecule has 188 valence electrons. The van der Waals surface area contributed by atoms with E-state index in [4.69, 9.17) is 21.1 Å². The lowest BCUT2D eigenvalue weighted by Gasteiger charge is -2.39. The number of methoxy groups -OCH3 is 1. The molecule has 0 spiro atoms. The van der Waals surface area contributed by atoms with Gasteiger partial charge < -0.3 is 14.0 Å². The number of hydrogen-bond acceptors (Lipinski definition) is 5. The van der Waals surface area contributed by atoms with Crippen molar-refractivity contribution in [1.29, 1.82) is 0 Å². The summed E-state index contributed by atoms with van der Waals surface area (Å²) < 4.78 is 75.6. The van der Waals surface area contributed by atoms with Crippen molar-refractivity contribution in [2.75, 3.05) is 25.0 Å². The molecule has 0 saturated carbocycles. The summed E-state index contributed by atoms with van der Waals surface area (Å²) in [6.45, 7) is 6.77. The van der Waals surface area contributed by atoms with Crippen LogP contribution in [0.25, 0.3) is 11.3 Å². The molecule has 34 heavy (non-hydrogen) atoms. The molecule has 2 heterocycles. The van der Waals surface area contributed by atoms with Crippen LogP contribution in [0.5, 0.6) is 5.75 Å². The predicted octanol–water partition coefficient (Wildman–Crippen LogP) is 4.99. The second-order valence-electron chi connectivity index (χ2n) is 9.12. The molecule has 0 amide bonds. The number of alkyl halides is 3. The van der Waals surface area contributed by atoms with Gasteiger partial charge in [0.25, 0.3) is 0 Å². The van der Waals surface area contributed by atoms with Gasteiger partial charge in [-0.15, -0.1) is 0 Å². The van der Waals surface area contributed by atoms with Crippen LogP contribution in [-0.2, 0) is 21.2 Å². The predicted molar refractivity (Wildman–Crippen MR) is 124 cm³/mol. The standard InChI is InChI=1S/C22H26ClF3N2O5S/c1-21(2,3)20-9-13-8-19(33-7-5-6-32-4)15(23)10-14(13)17-11-18(29)16(12-28(17)20)27-34(30,31)22(24,25)26/h8,10-12,20,27H,5-7,9H2,1-4H3. The Kier molecular flexibility index (Phi) is 7.31. The average Bonchev–Trinajstić information content (AvgIpc) is 2.70. The van der Waals surface area contributed by atoms with Gasteiger partial charge in [0.1, 0.15) is 11.4 Å². The first-order chi connectivity index (χ1) is 15.7. The maximum absolute atomic E-state index is 12.9. The van der Waals surface area contributed by atoms with E-state index in [1.807, 2.05) is 20.8 Å². The van der Waals surface area contributed by atoms with Gasteiger partial charge >= 0.3 is 15.5 Å². The molecule has 2 aromatic rings. The highest BCUT2D eigenvalue weighted by Crippen LogP contribution is 2.45. The number of aromatic nitrogens is 1. The van der Waals surface area contributed by atoms with Gasteiger partial charge in [-0.3, -0.25) is 9.52 Å². The van der Waals surface area contributed by atoms with Gasteiger partial charge in [0.05, 0.1) is 17.3 Å². The number of anilines is 1. The Morgan fingerprint density at radius 3 is 2.44 bits per heavy atom. The quantitative estimate of drug-likeness (QED) is 0.518. The summed E-state index contributed by atoms with van der Waals surface area (Å²) in [5.74, 6) is 0.481. The van der Waals surface area contributed by atoms with E-state index in [-0.39, 0.29) is 11.5 Å². The van der Waals surface area contributed by atoms with Crippen LogP contribution in [-0.4, -0.2) is 38.8 Å². The third kappa shape index (κ3) is 5.36. The number of ether oxygens (including phenoxy) is 2. The second-order valence-corrected chi connectivity index (χ2v) is 11.2. The van der Waals surface area contributed by atoms with E-state index in [0.717, 1.165) is 17.8 Å². The molecule has 1 atom stereocenters. The first-order valence-electron chi connectivity index (χ1n) is 10.5. The summed E-state index contributed by atoms with van der Waals surface area (Å²) in [7, 11) is -4.15. The fourth-order valence-corrected chi connectivity index (χ4v) is 4.61. The van der Waals surface area contributed by atoms with Gasteiger partial charge in [-0.2, -0.15) is 21.6 Å². The average molecular weight is 523 g/mol. The molecule has 1 aliphatic heterocycles. The number of hydrogen-bond donors (Lipinski definition) is 1. The second kappa shape index (κ2) is 9.43. The third-order valence-corrected chi connectivity index (χ3v) is 6.95. The van der Waals surface area contributed by atoms with Gasteiger partial charge in [-0.25, -0.2) is 0 Å². The lowest BCUT2D eigenvalue weighted by molar-refractivity contribution is -0.0429. The van der Waals surface area contributed by atoms with Crippen molar-refractivity contribution in [1.82, 2.24) is 4.57 Å². The zero-order valence-corrected chi connectivity index (χ0v) is 20.7. The number of benzene rings is 1. The fourth-order valence-electron chi connectivity index (χ4n) is 3.83. The minimum atomic E-state index is -5.75. The summed E-state index contributed by atoms with van der Waals surface area (Å²) in [5, 5.41) is 0.311. The highest BCUT2D eigenvalue weighted by molar-refractivity contribution is 7.93. The Morgan fingerprint density at radius 2 is 1.85 bits per heavy atom. The minimum absolute atomic E-state index is 0.299. The third-order valence-electron chi connectivity index (χ3n) is 5.56. The molecule has 1 aromatic carbocycles. The summed E-state index contributed by atoms with van der Waals surface area (Å²) in [4.78, 5) is 12.6. The number of rotatable bonds is 7. The fraction of sp³-hybridized carbons (Fsp3) is 0.500. The van der Waals surface area contributed by atoms with E-state index < -0.39 is 26.6 Å². The first kappa shape index (κ1) is 26.4. The lowest BCUT2D eigenvalue weighted by Crippen LogP contribution is -2.34. The van der Waals surface area contributed by atoms with Gasteiger partial charge in [0.15, 0.2) is 0 Å². The van der Waals surface area contributed by atoms with Gasteiger partial charge in [0.2, 0.25) is 5.43 Å². The molecule has 1 unspecified atom stereocenters. The zero-order valence-electron chi connectivity index (χ0n) is 19.1. The molecule has 3 rings (SSSR count). The molecule has 0 radical (unpaired) electrons. The molecule has 7 nitrogen and oxygen atoms in total. The van der Waals surface area contributed by atoms with E-state index in [9.17, 15) is 26.4 Å². The normalized spacial score (nSPS) is 16.1. The van der Waals surface area contributed by atoms with Crippen LogP contribution in [0.15, 0.2) is 29.2 Å². The summed E-state index contributed by atoms with van der Waals surface area (Å²) >= 11 is 6.41. The molecule has 0 aliphatic carbocycles. The van der Waals surface area contributed by atoms with Crippen molar-refractivity contribution in [3.8, 4) is 17.0 Å². The van der Waals surface area contributed by atoms with Gasteiger partial charge in [0, 0.05) is 44.0 Å². The topological polar surface area (TPSA) is 86.6 Å². The van der Waals surface area contributed by atoms with Crippen molar-refractivity contribution >= 4 is 27.3 Å². The maximum Gasteiger partial charge on any atom is 0.516 e. The van der Waals surface area contributed by atoms with Crippen LogP contribution < -0.4 is 14.9 Å². The molecule has 12 heteroatoms. The Balaban J connectivity index is 2.11. The molecule has 1 N–H and O–H groups in total. The number of sulfonamides is 1. The van der Waals surface area contributed by atoms with E-state index in [0.29, 0.717) is 48.1 Å². The lowest BCUT2D eigenvalue weighted by atomic mass is 9.79. The molecule has 0 saturated heterocycles. The van der Waals surface area contributed by atoms with Crippen LogP contribution in [0, 0.1) is 5.41 Å². The molecule has 1 aromatic heterocycles. The van der Waals surface area contributed by atoms with Crippen LogP contribution in [0.4, 0.5) is 18.9 Å². The molecule has 0 bridgehead atoms. The number of nitrogens with zero attached hydrogens (tertiary/aromatic N) is 1. The minimum Gasteiger partial charge on any atom is -0.492 e.